The van der Waals surface area contributed by atoms with Crippen molar-refractivity contribution in [2.24, 2.45) is 0 Å². The summed E-state index contributed by atoms with van der Waals surface area (Å²) in [5.74, 6) is 0.675. The van der Waals surface area contributed by atoms with Crippen molar-refractivity contribution >= 4 is 6.29 Å². The van der Waals surface area contributed by atoms with Crippen LogP contribution in [0.5, 0.6) is 17.2 Å². The number of methoxy groups -OCH3 is 1. The van der Waals surface area contributed by atoms with Crippen LogP contribution < -0.4 is 14.2 Å². The molecule has 0 saturated carbocycles. The number of alkyl halides is 3. The fourth-order valence-electron chi connectivity index (χ4n) is 4.05. The molecule has 3 unspecified atom stereocenters. The highest BCUT2D eigenvalue weighted by Crippen LogP contribution is 2.38. The van der Waals surface area contributed by atoms with E-state index in [0.29, 0.717) is 24.5 Å². The van der Waals surface area contributed by atoms with Crippen LogP contribution in [0.3, 0.4) is 0 Å². The van der Waals surface area contributed by atoms with Crippen molar-refractivity contribution in [3.63, 3.8) is 0 Å². The Morgan fingerprint density at radius 2 is 1.82 bits per heavy atom. The monoisotopic (exact) mass is 483 g/mol. The van der Waals surface area contributed by atoms with Crippen molar-refractivity contribution in [1.29, 1.82) is 0 Å². The zero-order chi connectivity index (χ0) is 24.7. The van der Waals surface area contributed by atoms with E-state index in [9.17, 15) is 23.1 Å². The second-order valence-corrected chi connectivity index (χ2v) is 8.10. The van der Waals surface area contributed by atoms with Gasteiger partial charge in [0.1, 0.15) is 36.2 Å². The summed E-state index contributed by atoms with van der Waals surface area (Å²) >= 11 is 0. The second-order valence-electron chi connectivity index (χ2n) is 8.10. The van der Waals surface area contributed by atoms with Gasteiger partial charge in [-0.2, -0.15) is 0 Å². The molecule has 0 spiro atoms. The molecular formula is C24H28F3NO6. The quantitative estimate of drug-likeness (QED) is 0.499. The van der Waals surface area contributed by atoms with E-state index in [-0.39, 0.29) is 24.4 Å². The largest absolute Gasteiger partial charge is 0.573 e. The molecule has 2 N–H and O–H groups in total. The van der Waals surface area contributed by atoms with Gasteiger partial charge in [-0.05, 0) is 54.7 Å². The summed E-state index contributed by atoms with van der Waals surface area (Å²) in [5, 5.41) is 18.6. The standard InChI is InChI=1S/C24H28F3NO6/c1-32-21-9-17(10-22(11-21)33-15-19(31)14-30)23-4-2-3-18(13-29)28(23)12-16-5-7-20(8-6-16)34-24(25,26)27/h5-11,13,18-19,23,30-31H,2-4,12,14-15H2,1H3. The number of halogens is 3. The maximum atomic E-state index is 12.4. The van der Waals surface area contributed by atoms with Crippen molar-refractivity contribution in [1.82, 2.24) is 4.90 Å². The van der Waals surface area contributed by atoms with Crippen LogP contribution in [0.2, 0.25) is 0 Å². The molecule has 186 valence electrons. The van der Waals surface area contributed by atoms with E-state index in [1.807, 2.05) is 11.0 Å². The number of aldehydes is 1. The number of benzene rings is 2. The lowest BCUT2D eigenvalue weighted by atomic mass is 9.90. The summed E-state index contributed by atoms with van der Waals surface area (Å²) in [4.78, 5) is 13.9. The number of aliphatic hydroxyl groups excluding tert-OH is 2. The van der Waals surface area contributed by atoms with Gasteiger partial charge >= 0.3 is 6.36 Å². The van der Waals surface area contributed by atoms with Crippen molar-refractivity contribution in [3.8, 4) is 17.2 Å². The van der Waals surface area contributed by atoms with Gasteiger partial charge < -0.3 is 29.2 Å². The molecule has 0 amide bonds. The van der Waals surface area contributed by atoms with Gasteiger partial charge in [-0.25, -0.2) is 0 Å². The first kappa shape index (κ1) is 25.8. The first-order valence-corrected chi connectivity index (χ1v) is 10.9. The number of ether oxygens (including phenoxy) is 3. The average molecular weight is 483 g/mol. The number of likely N-dealkylation sites (tertiary alicyclic amines) is 1. The highest BCUT2D eigenvalue weighted by molar-refractivity contribution is 5.58. The lowest BCUT2D eigenvalue weighted by molar-refractivity contribution is -0.274. The summed E-state index contributed by atoms with van der Waals surface area (Å²) < 4.78 is 52.3. The number of rotatable bonds is 10. The summed E-state index contributed by atoms with van der Waals surface area (Å²) in [6.45, 7) is -0.182. The smallest absolute Gasteiger partial charge is 0.497 e. The molecule has 3 atom stereocenters. The molecule has 34 heavy (non-hydrogen) atoms. The van der Waals surface area contributed by atoms with Gasteiger partial charge in [0.15, 0.2) is 0 Å². The highest BCUT2D eigenvalue weighted by Gasteiger charge is 2.33. The topological polar surface area (TPSA) is 88.5 Å². The number of carbonyl (C=O) groups excluding carboxylic acids is 1. The minimum Gasteiger partial charge on any atom is -0.497 e. The Hall–Kier alpha value is -2.82. The molecule has 3 rings (SSSR count). The molecule has 0 bridgehead atoms. The van der Waals surface area contributed by atoms with Crippen LogP contribution in [0.25, 0.3) is 0 Å². The summed E-state index contributed by atoms with van der Waals surface area (Å²) in [6, 6.07) is 10.4. The van der Waals surface area contributed by atoms with E-state index < -0.39 is 19.1 Å². The fourth-order valence-corrected chi connectivity index (χ4v) is 4.05. The Labute approximate surface area is 195 Å². The lowest BCUT2D eigenvalue weighted by Gasteiger charge is -2.40. The molecule has 2 aromatic rings. The normalized spacial score (nSPS) is 19.9. The van der Waals surface area contributed by atoms with Crippen molar-refractivity contribution < 1.29 is 42.4 Å². The number of aliphatic hydroxyl groups is 2. The SMILES string of the molecule is COc1cc(OCC(O)CO)cc(C2CCCC(C=O)N2Cc2ccc(OC(F)(F)F)cc2)c1. The van der Waals surface area contributed by atoms with E-state index in [1.165, 1.54) is 19.2 Å². The molecule has 1 saturated heterocycles. The lowest BCUT2D eigenvalue weighted by Crippen LogP contribution is -2.42. The highest BCUT2D eigenvalue weighted by atomic mass is 19.4. The van der Waals surface area contributed by atoms with Crippen LogP contribution in [-0.2, 0) is 11.3 Å². The third kappa shape index (κ3) is 7.09. The zero-order valence-corrected chi connectivity index (χ0v) is 18.7. The van der Waals surface area contributed by atoms with Gasteiger partial charge in [-0.15, -0.1) is 13.2 Å². The average Bonchev–Trinajstić information content (AvgIpc) is 2.82. The van der Waals surface area contributed by atoms with Crippen LogP contribution in [-0.4, -0.2) is 60.2 Å². The minimum atomic E-state index is -4.76. The first-order valence-electron chi connectivity index (χ1n) is 10.9. The molecule has 2 aromatic carbocycles. The van der Waals surface area contributed by atoms with E-state index in [1.54, 1.807) is 24.3 Å². The predicted octanol–water partition coefficient (Wildman–Crippen LogP) is 3.62. The van der Waals surface area contributed by atoms with Crippen molar-refractivity contribution in [2.75, 3.05) is 20.3 Å². The van der Waals surface area contributed by atoms with Crippen molar-refractivity contribution in [3.05, 3.63) is 53.6 Å². The third-order valence-corrected chi connectivity index (χ3v) is 5.66. The van der Waals surface area contributed by atoms with Gasteiger partial charge in [-0.3, -0.25) is 4.90 Å². The Morgan fingerprint density at radius 3 is 2.44 bits per heavy atom. The molecule has 7 nitrogen and oxygen atoms in total. The van der Waals surface area contributed by atoms with Crippen molar-refractivity contribution in [2.45, 2.75) is 50.4 Å². The fraction of sp³-hybridized carbons (Fsp3) is 0.458. The van der Waals surface area contributed by atoms with E-state index >= 15 is 0 Å². The first-order chi connectivity index (χ1) is 16.2. The summed E-state index contributed by atoms with van der Waals surface area (Å²) in [7, 11) is 1.52. The molecule has 1 heterocycles. The molecule has 10 heteroatoms. The van der Waals surface area contributed by atoms with E-state index in [2.05, 4.69) is 4.74 Å². The van der Waals surface area contributed by atoms with E-state index in [4.69, 9.17) is 14.6 Å². The maximum absolute atomic E-state index is 12.4. The zero-order valence-electron chi connectivity index (χ0n) is 18.7. The van der Waals surface area contributed by atoms with Crippen LogP contribution in [0.15, 0.2) is 42.5 Å². The van der Waals surface area contributed by atoms with Gasteiger partial charge in [0.25, 0.3) is 0 Å². The van der Waals surface area contributed by atoms with E-state index in [0.717, 1.165) is 30.3 Å². The van der Waals surface area contributed by atoms with Crippen LogP contribution in [0.1, 0.15) is 36.4 Å². The summed E-state index contributed by atoms with van der Waals surface area (Å²) in [5.41, 5.74) is 1.58. The molecule has 1 aliphatic heterocycles. The number of carbonyl (C=O) groups is 1. The Balaban J connectivity index is 1.85. The molecule has 0 radical (unpaired) electrons. The molecule has 0 aliphatic carbocycles. The van der Waals surface area contributed by atoms with Gasteiger partial charge in [0.05, 0.1) is 19.8 Å². The Kier molecular flexibility index (Phi) is 8.76. The van der Waals surface area contributed by atoms with Gasteiger partial charge in [0, 0.05) is 18.7 Å². The predicted molar refractivity (Wildman–Crippen MR) is 117 cm³/mol. The molecule has 1 aliphatic rings. The molecule has 0 aromatic heterocycles. The number of piperidine rings is 1. The third-order valence-electron chi connectivity index (χ3n) is 5.66. The molecular weight excluding hydrogens is 455 g/mol. The molecule has 1 fully saturated rings. The number of nitrogens with zero attached hydrogens (tertiary/aromatic N) is 1. The van der Waals surface area contributed by atoms with Crippen LogP contribution in [0.4, 0.5) is 13.2 Å². The Bertz CT molecular complexity index is 937. The second kappa shape index (κ2) is 11.5. The maximum Gasteiger partial charge on any atom is 0.573 e. The van der Waals surface area contributed by atoms with Crippen LogP contribution >= 0.6 is 0 Å². The number of hydrogen-bond donors (Lipinski definition) is 2. The van der Waals surface area contributed by atoms with Crippen LogP contribution in [0, 0.1) is 0 Å². The van der Waals surface area contributed by atoms with Gasteiger partial charge in [-0.1, -0.05) is 12.1 Å². The number of hydrogen-bond acceptors (Lipinski definition) is 7. The Morgan fingerprint density at radius 1 is 1.12 bits per heavy atom. The van der Waals surface area contributed by atoms with Gasteiger partial charge in [0.2, 0.25) is 0 Å². The minimum absolute atomic E-state index is 0.0964. The summed E-state index contributed by atoms with van der Waals surface area (Å²) in [6.07, 6.45) is -2.65.